The lowest BCUT2D eigenvalue weighted by Gasteiger charge is -2.10. The summed E-state index contributed by atoms with van der Waals surface area (Å²) in [6, 6.07) is 15.5. The summed E-state index contributed by atoms with van der Waals surface area (Å²) in [5, 5.41) is 4.04. The Morgan fingerprint density at radius 3 is 2.69 bits per heavy atom. The van der Waals surface area contributed by atoms with Crippen molar-refractivity contribution in [3.05, 3.63) is 53.5 Å². The first-order valence-electron chi connectivity index (χ1n) is 8.63. The van der Waals surface area contributed by atoms with Gasteiger partial charge in [0.1, 0.15) is 0 Å². The van der Waals surface area contributed by atoms with Crippen molar-refractivity contribution in [1.82, 2.24) is 10.3 Å². The van der Waals surface area contributed by atoms with E-state index in [0.29, 0.717) is 31.1 Å². The van der Waals surface area contributed by atoms with E-state index in [0.717, 1.165) is 23.4 Å². The molecule has 0 unspecified atom stereocenters. The minimum absolute atomic E-state index is 0.0100. The summed E-state index contributed by atoms with van der Waals surface area (Å²) in [5.41, 5.74) is 1.05. The van der Waals surface area contributed by atoms with Crippen molar-refractivity contribution in [2.45, 2.75) is 19.3 Å². The molecule has 2 aromatic carbocycles. The largest absolute Gasteiger partial charge is 0.493 e. The van der Waals surface area contributed by atoms with Gasteiger partial charge in [-0.15, -0.1) is 11.3 Å². The van der Waals surface area contributed by atoms with E-state index in [1.165, 1.54) is 4.70 Å². The fourth-order valence-electron chi connectivity index (χ4n) is 2.57. The Balaban J connectivity index is 1.34. The number of para-hydroxylation sites is 3. The molecule has 0 aliphatic carbocycles. The van der Waals surface area contributed by atoms with Crippen LogP contribution in [0.5, 0.6) is 11.5 Å². The van der Waals surface area contributed by atoms with Gasteiger partial charge >= 0.3 is 0 Å². The summed E-state index contributed by atoms with van der Waals surface area (Å²) in [4.78, 5) is 16.5. The molecule has 1 aromatic heterocycles. The van der Waals surface area contributed by atoms with E-state index in [1.54, 1.807) is 18.4 Å². The highest BCUT2D eigenvalue weighted by Crippen LogP contribution is 2.25. The van der Waals surface area contributed by atoms with Gasteiger partial charge in [0.05, 0.1) is 35.4 Å². The predicted octanol–water partition coefficient (Wildman–Crippen LogP) is 3.82. The summed E-state index contributed by atoms with van der Waals surface area (Å²) < 4.78 is 12.0. The van der Waals surface area contributed by atoms with Crippen LogP contribution >= 0.6 is 11.3 Å². The SMILES string of the molecule is COc1ccccc1OCCC(=O)NCCCc1nc2ccccc2s1. The third-order valence-corrected chi connectivity index (χ3v) is 4.98. The molecule has 0 radical (unpaired) electrons. The maximum absolute atomic E-state index is 11.9. The molecule has 5 nitrogen and oxygen atoms in total. The molecule has 6 heteroatoms. The van der Waals surface area contributed by atoms with E-state index < -0.39 is 0 Å². The lowest BCUT2D eigenvalue weighted by Crippen LogP contribution is -2.26. The smallest absolute Gasteiger partial charge is 0.223 e. The summed E-state index contributed by atoms with van der Waals surface area (Å²) in [6.45, 7) is 0.966. The fourth-order valence-corrected chi connectivity index (χ4v) is 3.58. The van der Waals surface area contributed by atoms with Gasteiger partial charge in [-0.05, 0) is 30.7 Å². The average Bonchev–Trinajstić information content (AvgIpc) is 3.08. The third-order valence-electron chi connectivity index (χ3n) is 3.88. The number of nitrogens with one attached hydrogen (secondary N) is 1. The van der Waals surface area contributed by atoms with E-state index in [-0.39, 0.29) is 5.91 Å². The number of thiazole rings is 1. The van der Waals surface area contributed by atoms with Gasteiger partial charge in [-0.25, -0.2) is 4.98 Å². The summed E-state index contributed by atoms with van der Waals surface area (Å²) in [6.07, 6.45) is 2.06. The molecule has 1 N–H and O–H groups in total. The fraction of sp³-hybridized carbons (Fsp3) is 0.300. The van der Waals surface area contributed by atoms with Crippen molar-refractivity contribution in [1.29, 1.82) is 0 Å². The second-order valence-corrected chi connectivity index (χ2v) is 6.89. The first-order chi connectivity index (χ1) is 12.8. The molecule has 1 amide bonds. The molecule has 0 aliphatic heterocycles. The first-order valence-corrected chi connectivity index (χ1v) is 9.45. The number of ether oxygens (including phenoxy) is 2. The van der Waals surface area contributed by atoms with Crippen LogP contribution in [0.3, 0.4) is 0 Å². The molecule has 0 spiro atoms. The van der Waals surface area contributed by atoms with Crippen molar-refractivity contribution >= 4 is 27.5 Å². The van der Waals surface area contributed by atoms with Crippen molar-refractivity contribution in [3.63, 3.8) is 0 Å². The highest BCUT2D eigenvalue weighted by Gasteiger charge is 2.06. The molecule has 0 fully saturated rings. The predicted molar refractivity (Wildman–Crippen MR) is 104 cm³/mol. The number of carbonyl (C=O) groups excluding carboxylic acids is 1. The molecule has 3 aromatic rings. The second kappa shape index (κ2) is 9.20. The van der Waals surface area contributed by atoms with E-state index in [9.17, 15) is 4.79 Å². The van der Waals surface area contributed by atoms with Gasteiger partial charge in [-0.1, -0.05) is 24.3 Å². The zero-order valence-electron chi connectivity index (χ0n) is 14.7. The van der Waals surface area contributed by atoms with Gasteiger partial charge in [-0.2, -0.15) is 0 Å². The highest BCUT2D eigenvalue weighted by atomic mass is 32.1. The molecule has 0 bridgehead atoms. The van der Waals surface area contributed by atoms with Crippen LogP contribution in [0.15, 0.2) is 48.5 Å². The zero-order chi connectivity index (χ0) is 18.2. The number of carbonyl (C=O) groups is 1. The number of fused-ring (bicyclic) bond motifs is 1. The standard InChI is InChI=1S/C20H22N2O3S/c1-24-16-8-3-4-9-17(16)25-14-12-19(23)21-13-6-11-20-22-15-7-2-5-10-18(15)26-20/h2-5,7-10H,6,11-14H2,1H3,(H,21,23). The molecule has 0 atom stereocenters. The Hall–Kier alpha value is -2.60. The lowest BCUT2D eigenvalue weighted by molar-refractivity contribution is -0.121. The normalized spacial score (nSPS) is 10.7. The molecule has 1 heterocycles. The summed E-state index contributed by atoms with van der Waals surface area (Å²) >= 11 is 1.72. The van der Waals surface area contributed by atoms with Crippen molar-refractivity contribution in [2.75, 3.05) is 20.3 Å². The number of amides is 1. The number of hydrogen-bond acceptors (Lipinski definition) is 5. The number of nitrogens with zero attached hydrogens (tertiary/aromatic N) is 1. The van der Waals surface area contributed by atoms with Crippen LogP contribution in [0.2, 0.25) is 0 Å². The van der Waals surface area contributed by atoms with Crippen LogP contribution in [0.25, 0.3) is 10.2 Å². The minimum atomic E-state index is -0.0100. The van der Waals surface area contributed by atoms with Crippen LogP contribution in [-0.2, 0) is 11.2 Å². The monoisotopic (exact) mass is 370 g/mol. The second-order valence-electron chi connectivity index (χ2n) is 5.78. The Morgan fingerprint density at radius 1 is 1.12 bits per heavy atom. The molecule has 3 rings (SSSR count). The average molecular weight is 370 g/mol. The van der Waals surface area contributed by atoms with E-state index >= 15 is 0 Å². The molecule has 0 saturated carbocycles. The molecular formula is C20H22N2O3S. The molecule has 26 heavy (non-hydrogen) atoms. The molecule has 0 aliphatic rings. The quantitative estimate of drug-likeness (QED) is 0.582. The maximum Gasteiger partial charge on any atom is 0.223 e. The Kier molecular flexibility index (Phi) is 6.44. The highest BCUT2D eigenvalue weighted by molar-refractivity contribution is 7.18. The molecule has 0 saturated heterocycles. The number of methoxy groups -OCH3 is 1. The Bertz CT molecular complexity index is 830. The van der Waals surface area contributed by atoms with E-state index in [1.807, 2.05) is 42.5 Å². The van der Waals surface area contributed by atoms with E-state index in [2.05, 4.69) is 16.4 Å². The maximum atomic E-state index is 11.9. The van der Waals surface area contributed by atoms with Crippen LogP contribution < -0.4 is 14.8 Å². The van der Waals surface area contributed by atoms with Crippen LogP contribution in [-0.4, -0.2) is 31.2 Å². The van der Waals surface area contributed by atoms with Gasteiger partial charge in [-0.3, -0.25) is 4.79 Å². The zero-order valence-corrected chi connectivity index (χ0v) is 15.6. The summed E-state index contributed by atoms with van der Waals surface area (Å²) in [7, 11) is 1.60. The van der Waals surface area contributed by atoms with Gasteiger partial charge in [0.15, 0.2) is 11.5 Å². The van der Waals surface area contributed by atoms with Crippen LogP contribution in [0, 0.1) is 0 Å². The van der Waals surface area contributed by atoms with Crippen molar-refractivity contribution in [3.8, 4) is 11.5 Å². The summed E-state index contributed by atoms with van der Waals surface area (Å²) in [5.74, 6) is 1.31. The lowest BCUT2D eigenvalue weighted by atomic mass is 10.3. The van der Waals surface area contributed by atoms with Crippen molar-refractivity contribution < 1.29 is 14.3 Å². The topological polar surface area (TPSA) is 60.5 Å². The number of aryl methyl sites for hydroxylation is 1. The van der Waals surface area contributed by atoms with Crippen molar-refractivity contribution in [2.24, 2.45) is 0 Å². The number of aromatic nitrogens is 1. The first kappa shape index (κ1) is 18.2. The Labute approximate surface area is 157 Å². The van der Waals surface area contributed by atoms with Gasteiger partial charge < -0.3 is 14.8 Å². The van der Waals surface area contributed by atoms with Gasteiger partial charge in [0, 0.05) is 13.0 Å². The number of hydrogen-bond donors (Lipinski definition) is 1. The molecule has 136 valence electrons. The molecular weight excluding hydrogens is 348 g/mol. The van der Waals surface area contributed by atoms with Crippen LogP contribution in [0.4, 0.5) is 0 Å². The minimum Gasteiger partial charge on any atom is -0.493 e. The Morgan fingerprint density at radius 2 is 1.88 bits per heavy atom. The number of rotatable bonds is 9. The van der Waals surface area contributed by atoms with Gasteiger partial charge in [0.2, 0.25) is 5.91 Å². The van der Waals surface area contributed by atoms with Gasteiger partial charge in [0.25, 0.3) is 0 Å². The number of benzene rings is 2. The third kappa shape index (κ3) is 4.95. The van der Waals surface area contributed by atoms with Crippen LogP contribution in [0.1, 0.15) is 17.8 Å². The van der Waals surface area contributed by atoms with E-state index in [4.69, 9.17) is 9.47 Å².